The highest BCUT2D eigenvalue weighted by Crippen LogP contribution is 2.36. The van der Waals surface area contributed by atoms with E-state index in [9.17, 15) is 4.39 Å². The predicted octanol–water partition coefficient (Wildman–Crippen LogP) is 3.90. The van der Waals surface area contributed by atoms with Gasteiger partial charge in [-0.2, -0.15) is 15.1 Å². The minimum atomic E-state index is -0.546. The van der Waals surface area contributed by atoms with Crippen LogP contribution in [0.2, 0.25) is 0 Å². The number of nitrogens with zero attached hydrogens (tertiary/aromatic N) is 5. The van der Waals surface area contributed by atoms with Crippen LogP contribution in [0.5, 0.6) is 17.5 Å². The van der Waals surface area contributed by atoms with Crippen LogP contribution in [0.3, 0.4) is 0 Å². The lowest BCUT2D eigenvalue weighted by Gasteiger charge is -2.33. The van der Waals surface area contributed by atoms with Crippen LogP contribution in [0.15, 0.2) is 30.3 Å². The van der Waals surface area contributed by atoms with Crippen molar-refractivity contribution in [1.29, 1.82) is 0 Å². The maximum atomic E-state index is 14.5. The molecule has 1 aliphatic carbocycles. The van der Waals surface area contributed by atoms with E-state index in [1.807, 2.05) is 12.1 Å². The smallest absolute Gasteiger partial charge is 0.326 e. The van der Waals surface area contributed by atoms with Gasteiger partial charge in [-0.25, -0.2) is 4.39 Å². The molecule has 0 atom stereocenters. The topological polar surface area (TPSA) is 91.4 Å². The van der Waals surface area contributed by atoms with Gasteiger partial charge >= 0.3 is 6.01 Å². The second-order valence-corrected chi connectivity index (χ2v) is 8.54. The van der Waals surface area contributed by atoms with E-state index in [1.54, 1.807) is 6.07 Å². The third kappa shape index (κ3) is 4.85. The first kappa shape index (κ1) is 21.4. The van der Waals surface area contributed by atoms with Crippen LogP contribution >= 0.6 is 0 Å². The highest BCUT2D eigenvalue weighted by molar-refractivity contribution is 5.58. The number of methoxy groups -OCH3 is 1. The Morgan fingerprint density at radius 3 is 2.58 bits per heavy atom. The van der Waals surface area contributed by atoms with E-state index < -0.39 is 5.82 Å². The molecule has 0 unspecified atom stereocenters. The summed E-state index contributed by atoms with van der Waals surface area (Å²) in [6.07, 6.45) is 3.64. The van der Waals surface area contributed by atoms with Crippen molar-refractivity contribution in [2.24, 2.45) is 0 Å². The molecule has 3 heterocycles. The highest BCUT2D eigenvalue weighted by Gasteiger charge is 2.22. The van der Waals surface area contributed by atoms with Crippen molar-refractivity contribution in [1.82, 2.24) is 25.1 Å². The summed E-state index contributed by atoms with van der Waals surface area (Å²) in [5.74, 6) is 2.39. The fraction of sp³-hybridized carbons (Fsp3) is 0.435. The van der Waals surface area contributed by atoms with Crippen LogP contribution in [0.1, 0.15) is 30.9 Å². The van der Waals surface area contributed by atoms with Gasteiger partial charge < -0.3 is 24.6 Å². The van der Waals surface area contributed by atoms with E-state index >= 15 is 0 Å². The lowest BCUT2D eigenvalue weighted by Crippen LogP contribution is -2.44. The number of likely N-dealkylation sites (N-methyl/N-ethyl adjacent to an activating group) is 1. The van der Waals surface area contributed by atoms with Gasteiger partial charge in [-0.1, -0.05) is 6.42 Å². The van der Waals surface area contributed by atoms with E-state index in [1.165, 1.54) is 38.5 Å². The Balaban J connectivity index is 1.41. The molecule has 0 radical (unpaired) electrons. The molecule has 0 spiro atoms. The van der Waals surface area contributed by atoms with Gasteiger partial charge in [0.25, 0.3) is 0 Å². The fourth-order valence-corrected chi connectivity index (χ4v) is 3.97. The van der Waals surface area contributed by atoms with Gasteiger partial charge in [0.05, 0.1) is 7.11 Å². The first-order valence-corrected chi connectivity index (χ1v) is 11.2. The van der Waals surface area contributed by atoms with Gasteiger partial charge in [0.1, 0.15) is 17.4 Å². The average molecular weight is 454 g/mol. The number of rotatable bonds is 7. The molecule has 1 saturated carbocycles. The Hall–Kier alpha value is -3.40. The summed E-state index contributed by atoms with van der Waals surface area (Å²) in [5, 5.41) is 10.8. The third-order valence-electron chi connectivity index (χ3n) is 6.26. The fourth-order valence-electron chi connectivity index (χ4n) is 3.97. The van der Waals surface area contributed by atoms with Crippen molar-refractivity contribution in [3.05, 3.63) is 41.8 Å². The summed E-state index contributed by atoms with van der Waals surface area (Å²) in [5.41, 5.74) is 1.13. The molecule has 5 rings (SSSR count). The maximum Gasteiger partial charge on any atom is 0.326 e. The number of halogens is 1. The maximum absolute atomic E-state index is 14.5. The van der Waals surface area contributed by atoms with Crippen molar-refractivity contribution in [3.8, 4) is 17.5 Å². The Morgan fingerprint density at radius 1 is 1.06 bits per heavy atom. The van der Waals surface area contributed by atoms with Crippen molar-refractivity contribution >= 4 is 17.5 Å². The second-order valence-electron chi connectivity index (χ2n) is 8.54. The van der Waals surface area contributed by atoms with E-state index in [2.05, 4.69) is 42.3 Å². The molecule has 33 heavy (non-hydrogen) atoms. The molecule has 2 N–H and O–H groups in total. The summed E-state index contributed by atoms with van der Waals surface area (Å²) < 4.78 is 25.3. The quantitative estimate of drug-likeness (QED) is 0.557. The normalized spacial score (nSPS) is 17.0. The Morgan fingerprint density at radius 2 is 1.88 bits per heavy atom. The predicted molar refractivity (Wildman–Crippen MR) is 123 cm³/mol. The van der Waals surface area contributed by atoms with Gasteiger partial charge in [0.15, 0.2) is 17.4 Å². The number of aromatic amines is 1. The van der Waals surface area contributed by atoms with E-state index in [0.29, 0.717) is 23.3 Å². The zero-order valence-electron chi connectivity index (χ0n) is 18.8. The summed E-state index contributed by atoms with van der Waals surface area (Å²) in [4.78, 5) is 13.5. The third-order valence-corrected chi connectivity index (χ3v) is 6.26. The lowest BCUT2D eigenvalue weighted by molar-refractivity contribution is 0.311. The van der Waals surface area contributed by atoms with Crippen LogP contribution in [-0.2, 0) is 0 Å². The lowest BCUT2D eigenvalue weighted by atomic mass is 9.83. The van der Waals surface area contributed by atoms with Crippen LogP contribution in [0.25, 0.3) is 0 Å². The number of hydrogen-bond acceptors (Lipinski definition) is 8. The minimum absolute atomic E-state index is 0.0318. The zero-order chi connectivity index (χ0) is 22.8. The minimum Gasteiger partial charge on any atom is -0.497 e. The van der Waals surface area contributed by atoms with Crippen LogP contribution in [0.4, 0.5) is 21.8 Å². The molecule has 9 nitrogen and oxygen atoms in total. The van der Waals surface area contributed by atoms with Crippen LogP contribution in [-0.4, -0.2) is 65.4 Å². The highest BCUT2D eigenvalue weighted by atomic mass is 19.1. The molecule has 0 bridgehead atoms. The second kappa shape index (κ2) is 9.22. The molecule has 174 valence electrons. The summed E-state index contributed by atoms with van der Waals surface area (Å²) in [7, 11) is 3.59. The Labute approximate surface area is 191 Å². The Kier molecular flexibility index (Phi) is 5.99. The molecular formula is C23H28FN7O2. The number of piperazine rings is 1. The molecule has 2 fully saturated rings. The van der Waals surface area contributed by atoms with Crippen molar-refractivity contribution in [2.75, 3.05) is 50.6 Å². The first-order chi connectivity index (χ1) is 16.1. The molecule has 2 aliphatic rings. The van der Waals surface area contributed by atoms with Gasteiger partial charge in [-0.3, -0.25) is 5.10 Å². The molecule has 1 saturated heterocycles. The Bertz CT molecular complexity index is 1110. The van der Waals surface area contributed by atoms with Gasteiger partial charge in [0, 0.05) is 56.0 Å². The van der Waals surface area contributed by atoms with E-state index in [0.717, 1.165) is 37.7 Å². The number of anilines is 3. The van der Waals surface area contributed by atoms with Crippen molar-refractivity contribution in [3.63, 3.8) is 0 Å². The van der Waals surface area contributed by atoms with Crippen LogP contribution in [0, 0.1) is 5.82 Å². The number of H-pyrrole nitrogens is 1. The first-order valence-electron chi connectivity index (χ1n) is 11.2. The van der Waals surface area contributed by atoms with Gasteiger partial charge in [-0.15, -0.1) is 0 Å². The van der Waals surface area contributed by atoms with Crippen molar-refractivity contribution < 1.29 is 13.9 Å². The standard InChI is InChI=1S/C23H28FN7O2/c1-30-8-10-31(11-9-30)22-14-20(25-21-13-18(28-29-21)15-4-3-5-15)26-23(27-22)33-19-7-6-16(32-2)12-17(19)24/h6-7,12-15H,3-5,8-11H2,1-2H3,(H2,25,26,27,28,29). The summed E-state index contributed by atoms with van der Waals surface area (Å²) in [6, 6.07) is 8.36. The van der Waals surface area contributed by atoms with E-state index in [4.69, 9.17) is 9.47 Å². The molecule has 2 aromatic heterocycles. The van der Waals surface area contributed by atoms with Gasteiger partial charge in [-0.05, 0) is 32.0 Å². The number of aromatic nitrogens is 4. The molecule has 3 aromatic rings. The molecular weight excluding hydrogens is 425 g/mol. The number of nitrogens with one attached hydrogen (secondary N) is 2. The monoisotopic (exact) mass is 453 g/mol. The molecule has 1 aliphatic heterocycles. The largest absolute Gasteiger partial charge is 0.497 e. The van der Waals surface area contributed by atoms with Gasteiger partial charge in [0.2, 0.25) is 0 Å². The van der Waals surface area contributed by atoms with Crippen LogP contribution < -0.4 is 19.7 Å². The van der Waals surface area contributed by atoms with E-state index in [-0.39, 0.29) is 11.8 Å². The zero-order valence-corrected chi connectivity index (χ0v) is 18.8. The van der Waals surface area contributed by atoms with Crippen molar-refractivity contribution in [2.45, 2.75) is 25.2 Å². The summed E-state index contributed by atoms with van der Waals surface area (Å²) in [6.45, 7) is 3.52. The number of ether oxygens (including phenoxy) is 2. The molecule has 0 amide bonds. The summed E-state index contributed by atoms with van der Waals surface area (Å²) >= 11 is 0. The number of benzene rings is 1. The SMILES string of the molecule is COc1ccc(Oc2nc(Nc3cc(C4CCC4)[nH]n3)cc(N3CCN(C)CC3)n2)c(F)c1. The number of hydrogen-bond donors (Lipinski definition) is 2. The molecule has 10 heteroatoms. The average Bonchev–Trinajstić information content (AvgIpc) is 3.21. The molecule has 1 aromatic carbocycles.